The highest BCUT2D eigenvalue weighted by Gasteiger charge is 2.71. The third-order valence-electron chi connectivity index (χ3n) is 8.93. The van der Waals surface area contributed by atoms with Gasteiger partial charge in [0.05, 0.1) is 20.3 Å². The van der Waals surface area contributed by atoms with Gasteiger partial charge in [-0.2, -0.15) is 0 Å². The summed E-state index contributed by atoms with van der Waals surface area (Å²) in [5, 5.41) is 0.508. The van der Waals surface area contributed by atoms with Crippen molar-refractivity contribution >= 4 is 40.7 Å². The van der Waals surface area contributed by atoms with E-state index < -0.39 is 29.2 Å². The highest BCUT2D eigenvalue weighted by atomic mass is 35.5. The van der Waals surface area contributed by atoms with Crippen LogP contribution in [0.25, 0.3) is 6.08 Å². The Bertz CT molecular complexity index is 1830. The molecule has 0 bridgehead atoms. The van der Waals surface area contributed by atoms with Gasteiger partial charge in [0.15, 0.2) is 28.8 Å². The summed E-state index contributed by atoms with van der Waals surface area (Å²) in [6.45, 7) is 0. The first-order valence-corrected chi connectivity index (χ1v) is 14.2. The van der Waals surface area contributed by atoms with Crippen LogP contribution in [0.15, 0.2) is 91.0 Å². The average molecular weight is 594 g/mol. The fraction of sp³-hybridized carbons (Fsp3) is 0.171. The van der Waals surface area contributed by atoms with Gasteiger partial charge >= 0.3 is 0 Å². The molecule has 2 heterocycles. The van der Waals surface area contributed by atoms with E-state index in [9.17, 15) is 18.8 Å². The Morgan fingerprint density at radius 3 is 2.19 bits per heavy atom. The van der Waals surface area contributed by atoms with Gasteiger partial charge in [-0.3, -0.25) is 14.4 Å². The van der Waals surface area contributed by atoms with Crippen LogP contribution in [0.4, 0.5) is 10.1 Å². The van der Waals surface area contributed by atoms with Gasteiger partial charge in [-0.25, -0.2) is 4.39 Å². The van der Waals surface area contributed by atoms with Crippen LogP contribution in [0.5, 0.6) is 11.5 Å². The van der Waals surface area contributed by atoms with E-state index in [1.807, 2.05) is 17.1 Å². The van der Waals surface area contributed by atoms with E-state index in [0.717, 1.165) is 5.56 Å². The largest absolute Gasteiger partial charge is 0.493 e. The monoisotopic (exact) mass is 593 g/mol. The van der Waals surface area contributed by atoms with Crippen LogP contribution in [0, 0.1) is 11.2 Å². The minimum absolute atomic E-state index is 0.258. The SMILES string of the molecule is COc1ccc([C@@H]2[C@@H](C(=O)c3ccc(F)cc3)N3c4ccc(Cl)cc4C=C[C@@H]3C23C(=O)c2ccccc2C3=O)cc1OC. The molecule has 6 nitrogen and oxygen atoms in total. The summed E-state index contributed by atoms with van der Waals surface area (Å²) in [7, 11) is 3.02. The fourth-order valence-electron chi connectivity index (χ4n) is 7.15. The molecule has 1 saturated heterocycles. The van der Waals surface area contributed by atoms with Crippen LogP contribution in [0.2, 0.25) is 5.02 Å². The molecule has 7 rings (SSSR count). The number of nitrogens with zero attached hydrogens (tertiary/aromatic N) is 1. The number of carbonyl (C=O) groups is 3. The number of anilines is 1. The number of benzene rings is 4. The number of rotatable bonds is 5. The number of Topliss-reactive ketones (excluding diaryl/α,β-unsaturated/α-hetero) is 3. The van der Waals surface area contributed by atoms with Gasteiger partial charge in [-0.05, 0) is 65.7 Å². The molecular weight excluding hydrogens is 569 g/mol. The maximum absolute atomic E-state index is 14.7. The number of hydrogen-bond donors (Lipinski definition) is 0. The lowest BCUT2D eigenvalue weighted by Gasteiger charge is -2.37. The van der Waals surface area contributed by atoms with E-state index in [4.69, 9.17) is 21.1 Å². The number of ether oxygens (including phenoxy) is 2. The minimum Gasteiger partial charge on any atom is -0.493 e. The maximum atomic E-state index is 14.7. The first kappa shape index (κ1) is 27.1. The quantitative estimate of drug-likeness (QED) is 0.187. The van der Waals surface area contributed by atoms with Gasteiger partial charge in [0.25, 0.3) is 0 Å². The van der Waals surface area contributed by atoms with Crippen LogP contribution in [-0.4, -0.2) is 43.7 Å². The average Bonchev–Trinajstić information content (AvgIpc) is 3.46. The summed E-state index contributed by atoms with van der Waals surface area (Å²) in [5.74, 6) is -1.62. The highest BCUT2D eigenvalue weighted by molar-refractivity contribution is 6.32. The third-order valence-corrected chi connectivity index (χ3v) is 9.16. The van der Waals surface area contributed by atoms with Crippen molar-refractivity contribution in [2.75, 3.05) is 19.1 Å². The molecule has 1 spiro atoms. The molecule has 43 heavy (non-hydrogen) atoms. The first-order valence-electron chi connectivity index (χ1n) is 13.8. The lowest BCUT2D eigenvalue weighted by molar-refractivity contribution is 0.0665. The molecule has 0 radical (unpaired) electrons. The third kappa shape index (κ3) is 3.74. The first-order chi connectivity index (χ1) is 20.8. The summed E-state index contributed by atoms with van der Waals surface area (Å²) in [6.07, 6.45) is 3.68. The minimum atomic E-state index is -1.68. The molecule has 0 amide bonds. The van der Waals surface area contributed by atoms with Crippen molar-refractivity contribution in [3.05, 3.63) is 130 Å². The molecule has 3 atom stereocenters. The van der Waals surface area contributed by atoms with Gasteiger partial charge < -0.3 is 14.4 Å². The Labute approximate surface area is 252 Å². The van der Waals surface area contributed by atoms with Crippen LogP contribution in [0.3, 0.4) is 0 Å². The van der Waals surface area contributed by atoms with Crippen molar-refractivity contribution in [3.63, 3.8) is 0 Å². The van der Waals surface area contributed by atoms with Crippen molar-refractivity contribution in [1.29, 1.82) is 0 Å². The number of hydrogen-bond acceptors (Lipinski definition) is 6. The van der Waals surface area contributed by atoms with Crippen molar-refractivity contribution in [1.82, 2.24) is 0 Å². The van der Waals surface area contributed by atoms with Gasteiger partial charge in [0.2, 0.25) is 0 Å². The normalized spacial score (nSPS) is 21.0. The van der Waals surface area contributed by atoms with Gasteiger partial charge in [-0.15, -0.1) is 0 Å². The standard InChI is InChI=1S/C35H25ClFNO5/c1-42-27-15-9-21(18-28(27)43-2)30-31(32(39)19-7-12-23(37)13-8-19)38-26-14-11-22(36)17-20(26)10-16-29(38)35(30)33(40)24-5-3-4-6-25(24)34(35)41/h3-18,29-31H,1-2H3/t29-,30-,31+/m1/s1. The predicted molar refractivity (Wildman–Crippen MR) is 161 cm³/mol. The molecule has 4 aromatic rings. The molecule has 1 fully saturated rings. The number of halogens is 2. The zero-order valence-electron chi connectivity index (χ0n) is 23.2. The summed E-state index contributed by atoms with van der Waals surface area (Å²) in [4.78, 5) is 46.0. The van der Waals surface area contributed by atoms with E-state index in [1.54, 1.807) is 60.7 Å². The lowest BCUT2D eigenvalue weighted by Crippen LogP contribution is -2.48. The fourth-order valence-corrected chi connectivity index (χ4v) is 7.33. The molecule has 3 aliphatic rings. The second-order valence-corrected chi connectivity index (χ2v) is 11.3. The Kier molecular flexibility index (Phi) is 6.25. The van der Waals surface area contributed by atoms with Crippen LogP contribution in [-0.2, 0) is 0 Å². The molecule has 214 valence electrons. The zero-order valence-corrected chi connectivity index (χ0v) is 24.0. The maximum Gasteiger partial charge on any atom is 0.185 e. The number of ketones is 3. The lowest BCUT2D eigenvalue weighted by atomic mass is 9.64. The Hall–Kier alpha value is -4.75. The second kappa shape index (κ2) is 9.92. The topological polar surface area (TPSA) is 72.9 Å². The van der Waals surface area contributed by atoms with Crippen LogP contribution in [0.1, 0.15) is 48.1 Å². The van der Waals surface area contributed by atoms with E-state index in [-0.39, 0.29) is 22.9 Å². The molecule has 0 unspecified atom stereocenters. The van der Waals surface area contributed by atoms with Crippen molar-refractivity contribution in [2.45, 2.75) is 18.0 Å². The van der Waals surface area contributed by atoms with Gasteiger partial charge in [-0.1, -0.05) is 54.1 Å². The molecular formula is C35H25ClFNO5. The Morgan fingerprint density at radius 1 is 0.860 bits per heavy atom. The summed E-state index contributed by atoms with van der Waals surface area (Å²) in [5.41, 5.74) is 1.19. The summed E-state index contributed by atoms with van der Waals surface area (Å²) in [6, 6.07) is 20.8. The zero-order chi connectivity index (χ0) is 30.0. The molecule has 0 aromatic heterocycles. The molecule has 0 saturated carbocycles. The Balaban J connectivity index is 1.55. The van der Waals surface area contributed by atoms with Gasteiger partial charge in [0.1, 0.15) is 17.3 Å². The predicted octanol–water partition coefficient (Wildman–Crippen LogP) is 6.81. The molecule has 8 heteroatoms. The van der Waals surface area contributed by atoms with Crippen LogP contribution < -0.4 is 14.4 Å². The molecule has 0 N–H and O–H groups in total. The van der Waals surface area contributed by atoms with Crippen LogP contribution >= 0.6 is 11.6 Å². The number of carbonyl (C=O) groups excluding carboxylic acids is 3. The molecule has 2 aliphatic heterocycles. The van der Waals surface area contributed by atoms with Crippen molar-refractivity contribution < 1.29 is 28.2 Å². The number of fused-ring (bicyclic) bond motifs is 5. The van der Waals surface area contributed by atoms with Gasteiger partial charge in [0, 0.05) is 33.3 Å². The molecule has 1 aliphatic carbocycles. The smallest absolute Gasteiger partial charge is 0.185 e. The van der Waals surface area contributed by atoms with E-state index in [1.165, 1.54) is 38.5 Å². The van der Waals surface area contributed by atoms with Crippen molar-refractivity contribution in [3.8, 4) is 11.5 Å². The van der Waals surface area contributed by atoms with Crippen molar-refractivity contribution in [2.24, 2.45) is 5.41 Å². The van der Waals surface area contributed by atoms with E-state index in [2.05, 4.69) is 0 Å². The van der Waals surface area contributed by atoms with E-state index >= 15 is 0 Å². The second-order valence-electron chi connectivity index (χ2n) is 10.9. The number of methoxy groups -OCH3 is 2. The highest BCUT2D eigenvalue weighted by Crippen LogP contribution is 2.61. The summed E-state index contributed by atoms with van der Waals surface area (Å²) < 4.78 is 25.1. The molecule has 4 aromatic carbocycles. The van der Waals surface area contributed by atoms with E-state index in [0.29, 0.717) is 38.9 Å². The summed E-state index contributed by atoms with van der Waals surface area (Å²) >= 11 is 6.35. The Morgan fingerprint density at radius 2 is 1.53 bits per heavy atom.